The van der Waals surface area contributed by atoms with Crippen LogP contribution < -0.4 is 0 Å². The van der Waals surface area contributed by atoms with E-state index in [1.54, 1.807) is 26.8 Å². The largest absolute Gasteiger partial charge is 0.467 e. The third-order valence-electron chi connectivity index (χ3n) is 4.62. The zero-order valence-electron chi connectivity index (χ0n) is 19.1. The van der Waals surface area contributed by atoms with Gasteiger partial charge in [-0.2, -0.15) is 5.06 Å². The highest BCUT2D eigenvalue weighted by molar-refractivity contribution is 7.20. The smallest absolute Gasteiger partial charge is 0.435 e. The number of hydroxylamine groups is 2. The quantitative estimate of drug-likeness (QED) is 0.250. The van der Waals surface area contributed by atoms with Crippen molar-refractivity contribution in [3.8, 4) is 0 Å². The summed E-state index contributed by atoms with van der Waals surface area (Å²) in [5, 5.41) is 1.75. The van der Waals surface area contributed by atoms with E-state index < -0.39 is 23.7 Å². The highest BCUT2D eigenvalue weighted by Gasteiger charge is 2.37. The van der Waals surface area contributed by atoms with Crippen LogP contribution in [0, 0.1) is 0 Å². The van der Waals surface area contributed by atoms with Crippen LogP contribution in [0.1, 0.15) is 42.4 Å². The number of benzene rings is 2. The number of hydrogen-bond donors (Lipinski definition) is 0. The minimum absolute atomic E-state index is 0.00462. The van der Waals surface area contributed by atoms with Crippen molar-refractivity contribution in [3.05, 3.63) is 71.1 Å². The third-order valence-corrected chi connectivity index (χ3v) is 5.78. The summed E-state index contributed by atoms with van der Waals surface area (Å²) in [5.41, 5.74) is -0.0489. The molecule has 0 bridgehead atoms. The molecule has 3 aromatic rings. The van der Waals surface area contributed by atoms with Crippen LogP contribution in [-0.4, -0.2) is 41.7 Å². The Bertz CT molecular complexity index is 1090. The average Bonchev–Trinajstić information content (AvgIpc) is 3.22. The number of carbonyl (C=O) groups is 3. The van der Waals surface area contributed by atoms with Gasteiger partial charge in [0.25, 0.3) is 0 Å². The molecule has 8 heteroatoms. The van der Waals surface area contributed by atoms with Crippen LogP contribution in [0.4, 0.5) is 4.79 Å². The van der Waals surface area contributed by atoms with Crippen LogP contribution in [0.3, 0.4) is 0 Å². The molecule has 1 aromatic heterocycles. The Morgan fingerprint density at radius 2 is 1.67 bits per heavy atom. The van der Waals surface area contributed by atoms with Crippen LogP contribution >= 0.6 is 11.3 Å². The van der Waals surface area contributed by atoms with Gasteiger partial charge in [-0.1, -0.05) is 48.5 Å². The second kappa shape index (κ2) is 10.6. The van der Waals surface area contributed by atoms with Crippen LogP contribution in [0.25, 0.3) is 10.1 Å². The van der Waals surface area contributed by atoms with Gasteiger partial charge in [0.2, 0.25) is 0 Å². The molecule has 1 heterocycles. The van der Waals surface area contributed by atoms with Crippen molar-refractivity contribution in [1.82, 2.24) is 5.06 Å². The molecular formula is C25H27NO6S. The van der Waals surface area contributed by atoms with E-state index >= 15 is 0 Å². The molecule has 0 spiro atoms. The number of hydrogen-bond acceptors (Lipinski definition) is 7. The molecule has 33 heavy (non-hydrogen) atoms. The third kappa shape index (κ3) is 6.63. The molecule has 0 aliphatic heterocycles. The summed E-state index contributed by atoms with van der Waals surface area (Å²) in [6.07, 6.45) is -1.19. The van der Waals surface area contributed by atoms with Crippen molar-refractivity contribution in [1.29, 1.82) is 0 Å². The molecule has 0 radical (unpaired) electrons. The van der Waals surface area contributed by atoms with E-state index in [1.807, 2.05) is 54.6 Å². The maximum atomic E-state index is 13.1. The van der Waals surface area contributed by atoms with E-state index in [1.165, 1.54) is 18.4 Å². The summed E-state index contributed by atoms with van der Waals surface area (Å²) in [6.45, 7) is 5.12. The van der Waals surface area contributed by atoms with Crippen molar-refractivity contribution >= 4 is 39.3 Å². The first kappa shape index (κ1) is 24.4. The number of esters is 1. The van der Waals surface area contributed by atoms with Crippen LogP contribution in [0.15, 0.2) is 60.7 Å². The Balaban J connectivity index is 1.87. The number of fused-ring (bicyclic) bond motifs is 1. The number of amides is 1. The molecule has 174 valence electrons. The Hall–Kier alpha value is -3.23. The van der Waals surface area contributed by atoms with E-state index in [4.69, 9.17) is 14.3 Å². The topological polar surface area (TPSA) is 82.1 Å². The minimum atomic E-state index is -1.31. The van der Waals surface area contributed by atoms with Crippen molar-refractivity contribution in [2.45, 2.75) is 45.4 Å². The summed E-state index contributed by atoms with van der Waals surface area (Å²) < 4.78 is 11.3. The molecule has 0 unspecified atom stereocenters. The van der Waals surface area contributed by atoms with E-state index in [2.05, 4.69) is 0 Å². The first-order chi connectivity index (χ1) is 15.7. The summed E-state index contributed by atoms with van der Waals surface area (Å²) >= 11 is 1.33. The minimum Gasteiger partial charge on any atom is -0.467 e. The molecule has 0 aliphatic carbocycles. The number of ether oxygens (including phenoxy) is 2. The molecule has 2 aromatic carbocycles. The lowest BCUT2D eigenvalue weighted by Crippen LogP contribution is -2.48. The fourth-order valence-electron chi connectivity index (χ4n) is 3.09. The standard InChI is InChI=1S/C25H27NO6S/c1-25(2,3)32-24(29)26(31-16-17-10-6-5-7-11-17)19(23(28)30-4)15-20(27)22-14-18-12-8-9-13-21(18)33-22/h5-14,19H,15-16H2,1-4H3/t19-/m0/s1. The molecule has 0 saturated heterocycles. The van der Waals surface area contributed by atoms with Crippen molar-refractivity contribution in [3.63, 3.8) is 0 Å². The van der Waals surface area contributed by atoms with Gasteiger partial charge in [-0.3, -0.25) is 9.63 Å². The fraction of sp³-hybridized carbons (Fsp3) is 0.320. The molecule has 3 rings (SSSR count). The first-order valence-electron chi connectivity index (χ1n) is 10.5. The summed E-state index contributed by atoms with van der Waals surface area (Å²) in [7, 11) is 1.20. The zero-order chi connectivity index (χ0) is 24.0. The summed E-state index contributed by atoms with van der Waals surface area (Å²) in [6, 6.07) is 17.3. The Labute approximate surface area is 196 Å². The van der Waals surface area contributed by atoms with Gasteiger partial charge in [0.15, 0.2) is 11.8 Å². The summed E-state index contributed by atoms with van der Waals surface area (Å²) in [5.74, 6) is -1.08. The van der Waals surface area contributed by atoms with Crippen molar-refractivity contribution in [2.75, 3.05) is 7.11 Å². The number of thiophene rings is 1. The normalized spacial score (nSPS) is 12.2. The lowest BCUT2D eigenvalue weighted by Gasteiger charge is -2.30. The van der Waals surface area contributed by atoms with Crippen LogP contribution in [0.2, 0.25) is 0 Å². The lowest BCUT2D eigenvalue weighted by molar-refractivity contribution is -0.194. The molecule has 0 saturated carbocycles. The van der Waals surface area contributed by atoms with Gasteiger partial charge in [-0.05, 0) is 43.9 Å². The Morgan fingerprint density at radius 1 is 1.00 bits per heavy atom. The highest BCUT2D eigenvalue weighted by Crippen LogP contribution is 2.27. The second-order valence-corrected chi connectivity index (χ2v) is 9.46. The molecule has 0 aliphatic rings. The zero-order valence-corrected chi connectivity index (χ0v) is 19.9. The van der Waals surface area contributed by atoms with E-state index in [9.17, 15) is 14.4 Å². The van der Waals surface area contributed by atoms with Gasteiger partial charge in [-0.25, -0.2) is 9.59 Å². The number of ketones is 1. The average molecular weight is 470 g/mol. The monoisotopic (exact) mass is 469 g/mol. The Kier molecular flexibility index (Phi) is 7.84. The van der Waals surface area contributed by atoms with Crippen molar-refractivity contribution < 1.29 is 28.7 Å². The molecule has 1 atom stereocenters. The van der Waals surface area contributed by atoms with Crippen molar-refractivity contribution in [2.24, 2.45) is 0 Å². The number of carbonyl (C=O) groups excluding carboxylic acids is 3. The molecule has 0 N–H and O–H groups in total. The molecule has 7 nitrogen and oxygen atoms in total. The summed E-state index contributed by atoms with van der Waals surface area (Å²) in [4.78, 5) is 44.9. The maximum Gasteiger partial charge on any atom is 0.435 e. The fourth-order valence-corrected chi connectivity index (χ4v) is 4.10. The molecule has 1 amide bonds. The maximum absolute atomic E-state index is 13.1. The number of nitrogens with zero attached hydrogens (tertiary/aromatic N) is 1. The van der Waals surface area contributed by atoms with Crippen LogP contribution in [-0.2, 0) is 25.7 Å². The second-order valence-electron chi connectivity index (χ2n) is 8.38. The van der Waals surface area contributed by atoms with E-state index in [0.29, 0.717) is 4.88 Å². The number of rotatable bonds is 8. The van der Waals surface area contributed by atoms with Gasteiger partial charge >= 0.3 is 12.1 Å². The molecular weight excluding hydrogens is 442 g/mol. The number of Topliss-reactive ketones (excluding diaryl/α,β-unsaturated/α-hetero) is 1. The highest BCUT2D eigenvalue weighted by atomic mass is 32.1. The number of methoxy groups -OCH3 is 1. The Morgan fingerprint density at radius 3 is 2.30 bits per heavy atom. The van der Waals surface area contributed by atoms with E-state index in [-0.39, 0.29) is 18.8 Å². The van der Waals surface area contributed by atoms with Gasteiger partial charge in [0.05, 0.1) is 12.0 Å². The van der Waals surface area contributed by atoms with E-state index in [0.717, 1.165) is 20.7 Å². The van der Waals surface area contributed by atoms with Gasteiger partial charge in [-0.15, -0.1) is 11.3 Å². The lowest BCUT2D eigenvalue weighted by atomic mass is 10.1. The first-order valence-corrected chi connectivity index (χ1v) is 11.3. The van der Waals surface area contributed by atoms with Gasteiger partial charge in [0, 0.05) is 11.1 Å². The molecule has 0 fully saturated rings. The van der Waals surface area contributed by atoms with Crippen LogP contribution in [0.5, 0.6) is 0 Å². The predicted molar refractivity (Wildman–Crippen MR) is 126 cm³/mol. The van der Waals surface area contributed by atoms with Gasteiger partial charge < -0.3 is 9.47 Å². The SMILES string of the molecule is COC(=O)[C@H](CC(=O)c1cc2ccccc2s1)N(OCc1ccccc1)C(=O)OC(C)(C)C. The predicted octanol–water partition coefficient (Wildman–Crippen LogP) is 5.38. The van der Waals surface area contributed by atoms with Gasteiger partial charge in [0.1, 0.15) is 12.2 Å².